The third kappa shape index (κ3) is 1.69. The Balaban J connectivity index is 1.97. The van der Waals surface area contributed by atoms with Crippen molar-refractivity contribution >= 4 is 5.97 Å². The molecule has 3 aliphatic rings. The quantitative estimate of drug-likeness (QED) is 0.512. The van der Waals surface area contributed by atoms with Gasteiger partial charge in [0.1, 0.15) is 6.10 Å². The molecular formula is C15H22O4. The van der Waals surface area contributed by atoms with Crippen LogP contribution >= 0.6 is 0 Å². The molecule has 0 spiro atoms. The third-order valence-corrected chi connectivity index (χ3v) is 5.75. The van der Waals surface area contributed by atoms with Crippen molar-refractivity contribution < 1.29 is 19.7 Å². The number of aliphatic hydroxyl groups excluding tert-OH is 2. The van der Waals surface area contributed by atoms with Gasteiger partial charge in [-0.25, -0.2) is 4.79 Å². The molecule has 1 aliphatic heterocycles. The van der Waals surface area contributed by atoms with Gasteiger partial charge in [0.05, 0.1) is 12.2 Å². The number of carbonyl (C=O) groups excluding carboxylic acids is 1. The lowest BCUT2D eigenvalue weighted by molar-refractivity contribution is -0.139. The summed E-state index contributed by atoms with van der Waals surface area (Å²) < 4.78 is 5.42. The fourth-order valence-electron chi connectivity index (χ4n) is 4.61. The van der Waals surface area contributed by atoms with Crippen LogP contribution in [0.15, 0.2) is 12.2 Å². The molecule has 3 rings (SSSR count). The molecule has 2 N–H and O–H groups in total. The van der Waals surface area contributed by atoms with Crippen LogP contribution in [0.25, 0.3) is 0 Å². The highest BCUT2D eigenvalue weighted by Gasteiger charge is 2.58. The van der Waals surface area contributed by atoms with Gasteiger partial charge in [-0.15, -0.1) is 0 Å². The predicted octanol–water partition coefficient (Wildman–Crippen LogP) is 1.26. The van der Waals surface area contributed by atoms with E-state index in [4.69, 9.17) is 4.74 Å². The monoisotopic (exact) mass is 266 g/mol. The summed E-state index contributed by atoms with van der Waals surface area (Å²) >= 11 is 0. The number of esters is 1. The van der Waals surface area contributed by atoms with Crippen molar-refractivity contribution in [3.63, 3.8) is 0 Å². The summed E-state index contributed by atoms with van der Waals surface area (Å²) in [6.45, 7) is 8.02. The molecule has 7 atom stereocenters. The van der Waals surface area contributed by atoms with Crippen LogP contribution in [0.1, 0.15) is 33.1 Å². The number of hydrogen-bond donors (Lipinski definition) is 2. The highest BCUT2D eigenvalue weighted by Crippen LogP contribution is 2.56. The number of hydrogen-bond acceptors (Lipinski definition) is 4. The summed E-state index contributed by atoms with van der Waals surface area (Å²) in [6.07, 6.45) is 0.646. The molecule has 0 aromatic rings. The van der Waals surface area contributed by atoms with Crippen molar-refractivity contribution in [2.75, 3.05) is 0 Å². The zero-order chi connectivity index (χ0) is 13.9. The molecule has 19 heavy (non-hydrogen) atoms. The number of rotatable bonds is 0. The summed E-state index contributed by atoms with van der Waals surface area (Å²) in [5.74, 6) is 0.294. The Morgan fingerprint density at radius 1 is 1.37 bits per heavy atom. The van der Waals surface area contributed by atoms with Gasteiger partial charge in [-0.2, -0.15) is 0 Å². The zero-order valence-electron chi connectivity index (χ0n) is 11.5. The van der Waals surface area contributed by atoms with Crippen LogP contribution in [0.3, 0.4) is 0 Å². The Kier molecular flexibility index (Phi) is 2.81. The van der Waals surface area contributed by atoms with Gasteiger partial charge in [-0.3, -0.25) is 0 Å². The third-order valence-electron chi connectivity index (χ3n) is 5.75. The van der Waals surface area contributed by atoms with Gasteiger partial charge >= 0.3 is 5.97 Å². The Bertz CT molecular complexity index is 432. The first-order valence-corrected chi connectivity index (χ1v) is 7.10. The summed E-state index contributed by atoms with van der Waals surface area (Å²) in [5.41, 5.74) is 0.183. The van der Waals surface area contributed by atoms with Crippen LogP contribution in [-0.4, -0.2) is 34.5 Å². The molecule has 0 aromatic carbocycles. The van der Waals surface area contributed by atoms with Gasteiger partial charge in [-0.1, -0.05) is 20.4 Å². The maximum Gasteiger partial charge on any atom is 0.334 e. The molecule has 0 amide bonds. The predicted molar refractivity (Wildman–Crippen MR) is 69.1 cm³/mol. The maximum absolute atomic E-state index is 11.7. The molecule has 3 fully saturated rings. The van der Waals surface area contributed by atoms with Gasteiger partial charge < -0.3 is 14.9 Å². The smallest absolute Gasteiger partial charge is 0.334 e. The van der Waals surface area contributed by atoms with Crippen LogP contribution < -0.4 is 0 Å². The summed E-state index contributed by atoms with van der Waals surface area (Å²) in [4.78, 5) is 11.7. The van der Waals surface area contributed by atoms with Crippen LogP contribution in [0, 0.1) is 23.2 Å². The van der Waals surface area contributed by atoms with Crippen LogP contribution in [-0.2, 0) is 9.53 Å². The maximum atomic E-state index is 11.7. The van der Waals surface area contributed by atoms with E-state index in [1.54, 1.807) is 0 Å². The SMILES string of the molecule is C=C1C(=O)O[C@@H]2C[C@H](C)C3C[C@H](O)[C@H](O)[C@@]3(C)C[C@H]12. The minimum absolute atomic E-state index is 0.00935. The van der Waals surface area contributed by atoms with E-state index in [-0.39, 0.29) is 29.3 Å². The largest absolute Gasteiger partial charge is 0.458 e. The van der Waals surface area contributed by atoms with Crippen molar-refractivity contribution in [3.8, 4) is 0 Å². The normalized spacial score (nSPS) is 53.5. The second kappa shape index (κ2) is 4.06. The lowest BCUT2D eigenvalue weighted by Crippen LogP contribution is -2.38. The van der Waals surface area contributed by atoms with Crippen molar-refractivity contribution in [1.29, 1.82) is 0 Å². The average molecular weight is 266 g/mol. The first kappa shape index (κ1) is 13.1. The fourth-order valence-corrected chi connectivity index (χ4v) is 4.61. The van der Waals surface area contributed by atoms with E-state index < -0.39 is 12.2 Å². The Morgan fingerprint density at radius 2 is 2.05 bits per heavy atom. The summed E-state index contributed by atoms with van der Waals surface area (Å²) in [6, 6.07) is 0. The van der Waals surface area contributed by atoms with Crippen molar-refractivity contribution in [2.45, 2.75) is 51.4 Å². The lowest BCUT2D eigenvalue weighted by atomic mass is 9.69. The molecule has 1 saturated heterocycles. The van der Waals surface area contributed by atoms with E-state index in [9.17, 15) is 15.0 Å². The molecule has 0 bridgehead atoms. The minimum Gasteiger partial charge on any atom is -0.458 e. The van der Waals surface area contributed by atoms with Crippen molar-refractivity contribution in [3.05, 3.63) is 12.2 Å². The van der Waals surface area contributed by atoms with Gasteiger partial charge in [0.25, 0.3) is 0 Å². The van der Waals surface area contributed by atoms with E-state index >= 15 is 0 Å². The second-order valence-electron chi connectivity index (χ2n) is 6.85. The van der Waals surface area contributed by atoms with Gasteiger partial charge in [0.15, 0.2) is 0 Å². The highest BCUT2D eigenvalue weighted by molar-refractivity contribution is 5.90. The number of aliphatic hydroxyl groups is 2. The molecule has 1 heterocycles. The van der Waals surface area contributed by atoms with Crippen molar-refractivity contribution in [1.82, 2.24) is 0 Å². The van der Waals surface area contributed by atoms with Crippen LogP contribution in [0.4, 0.5) is 0 Å². The molecule has 0 aromatic heterocycles. The first-order valence-electron chi connectivity index (χ1n) is 7.10. The first-order chi connectivity index (χ1) is 8.84. The second-order valence-corrected chi connectivity index (χ2v) is 6.85. The van der Waals surface area contributed by atoms with Crippen LogP contribution in [0.5, 0.6) is 0 Å². The molecule has 0 radical (unpaired) electrons. The molecule has 2 aliphatic carbocycles. The van der Waals surface area contributed by atoms with Gasteiger partial charge in [0, 0.05) is 11.5 Å². The molecule has 1 unspecified atom stereocenters. The van der Waals surface area contributed by atoms with E-state index in [1.807, 2.05) is 6.92 Å². The Hall–Kier alpha value is -0.870. The van der Waals surface area contributed by atoms with E-state index in [2.05, 4.69) is 13.5 Å². The molecular weight excluding hydrogens is 244 g/mol. The summed E-state index contributed by atoms with van der Waals surface area (Å²) in [7, 11) is 0. The fraction of sp³-hybridized carbons (Fsp3) is 0.800. The molecule has 106 valence electrons. The average Bonchev–Trinajstić information content (AvgIpc) is 2.68. The van der Waals surface area contributed by atoms with E-state index in [0.29, 0.717) is 24.3 Å². The van der Waals surface area contributed by atoms with E-state index in [0.717, 1.165) is 6.42 Å². The lowest BCUT2D eigenvalue weighted by Gasteiger charge is -2.36. The zero-order valence-corrected chi connectivity index (χ0v) is 11.5. The number of carbonyl (C=O) groups is 1. The molecule has 2 saturated carbocycles. The number of fused-ring (bicyclic) bond motifs is 2. The number of ether oxygens (including phenoxy) is 1. The van der Waals surface area contributed by atoms with Crippen LogP contribution in [0.2, 0.25) is 0 Å². The Labute approximate surface area is 113 Å². The summed E-state index contributed by atoms with van der Waals surface area (Å²) in [5, 5.41) is 20.4. The van der Waals surface area contributed by atoms with Gasteiger partial charge in [0.2, 0.25) is 0 Å². The van der Waals surface area contributed by atoms with Crippen molar-refractivity contribution in [2.24, 2.45) is 23.2 Å². The minimum atomic E-state index is -0.720. The molecule has 4 heteroatoms. The highest BCUT2D eigenvalue weighted by atomic mass is 16.6. The standard InChI is InChI=1S/C15H22O4/c1-7-4-12-9(8(2)14(18)19-12)6-15(3)10(7)5-11(16)13(15)17/h7,9-13,16-17H,2,4-6H2,1,3H3/t7-,9+,10?,11-,12+,13-,15-/m0/s1. The van der Waals surface area contributed by atoms with Gasteiger partial charge in [-0.05, 0) is 36.5 Å². The topological polar surface area (TPSA) is 66.8 Å². The molecule has 4 nitrogen and oxygen atoms in total. The van der Waals surface area contributed by atoms with E-state index in [1.165, 1.54) is 0 Å². The Morgan fingerprint density at radius 3 is 2.74 bits per heavy atom.